The molecule has 0 spiro atoms. The molecule has 1 aliphatic rings. The Labute approximate surface area is 155 Å². The highest BCUT2D eigenvalue weighted by Gasteiger charge is 2.28. The Morgan fingerprint density at radius 1 is 1.38 bits per heavy atom. The Morgan fingerprint density at radius 2 is 2.12 bits per heavy atom. The first-order valence-corrected chi connectivity index (χ1v) is 9.48. The van der Waals surface area contributed by atoms with Gasteiger partial charge < -0.3 is 9.88 Å². The van der Waals surface area contributed by atoms with Gasteiger partial charge in [0.25, 0.3) is 0 Å². The SMILES string of the molecule is Cc1nnc(SCC(=O)N[C@H](C)c2ccc(Cl)c(Cl)c2)n1C1CC1. The van der Waals surface area contributed by atoms with Crippen molar-refractivity contribution in [2.75, 3.05) is 5.75 Å². The zero-order chi connectivity index (χ0) is 17.3. The fourth-order valence-electron chi connectivity index (χ4n) is 2.48. The van der Waals surface area contributed by atoms with Crippen LogP contribution < -0.4 is 5.32 Å². The average molecular weight is 385 g/mol. The van der Waals surface area contributed by atoms with E-state index >= 15 is 0 Å². The summed E-state index contributed by atoms with van der Waals surface area (Å²) < 4.78 is 2.13. The van der Waals surface area contributed by atoms with E-state index in [0.717, 1.165) is 29.4 Å². The molecule has 0 saturated heterocycles. The number of nitrogens with one attached hydrogen (secondary N) is 1. The van der Waals surface area contributed by atoms with E-state index in [1.807, 2.05) is 19.9 Å². The molecule has 0 radical (unpaired) electrons. The molecular formula is C16H18Cl2N4OS. The Hall–Kier alpha value is -1.24. The van der Waals surface area contributed by atoms with E-state index in [1.165, 1.54) is 11.8 Å². The van der Waals surface area contributed by atoms with Crippen molar-refractivity contribution in [2.45, 2.75) is 43.9 Å². The highest BCUT2D eigenvalue weighted by Crippen LogP contribution is 2.38. The van der Waals surface area contributed by atoms with Gasteiger partial charge in [0.05, 0.1) is 21.8 Å². The lowest BCUT2D eigenvalue weighted by molar-refractivity contribution is -0.119. The molecule has 1 N–H and O–H groups in total. The van der Waals surface area contributed by atoms with Crippen LogP contribution in [-0.2, 0) is 4.79 Å². The maximum atomic E-state index is 12.2. The van der Waals surface area contributed by atoms with Crippen LogP contribution >= 0.6 is 35.0 Å². The molecule has 24 heavy (non-hydrogen) atoms. The van der Waals surface area contributed by atoms with Gasteiger partial charge in [0.15, 0.2) is 5.16 Å². The number of carbonyl (C=O) groups is 1. The van der Waals surface area contributed by atoms with Crippen LogP contribution in [0.5, 0.6) is 0 Å². The third kappa shape index (κ3) is 4.05. The topological polar surface area (TPSA) is 59.8 Å². The molecule has 0 unspecified atom stereocenters. The molecule has 1 heterocycles. The second-order valence-corrected chi connectivity index (χ2v) is 7.64. The summed E-state index contributed by atoms with van der Waals surface area (Å²) in [4.78, 5) is 12.2. The number of thioether (sulfide) groups is 1. The smallest absolute Gasteiger partial charge is 0.230 e. The Kier molecular flexibility index (Phi) is 5.37. The molecule has 1 aromatic heterocycles. The van der Waals surface area contributed by atoms with Crippen molar-refractivity contribution in [3.05, 3.63) is 39.6 Å². The van der Waals surface area contributed by atoms with Crippen molar-refractivity contribution in [3.63, 3.8) is 0 Å². The summed E-state index contributed by atoms with van der Waals surface area (Å²) in [5.74, 6) is 1.16. The number of rotatable bonds is 6. The molecule has 2 aromatic rings. The summed E-state index contributed by atoms with van der Waals surface area (Å²) in [5, 5.41) is 13.1. The number of aromatic nitrogens is 3. The lowest BCUT2D eigenvalue weighted by Gasteiger charge is -2.15. The Morgan fingerprint density at radius 3 is 2.79 bits per heavy atom. The lowest BCUT2D eigenvalue weighted by Crippen LogP contribution is -2.28. The summed E-state index contributed by atoms with van der Waals surface area (Å²) in [6.07, 6.45) is 2.32. The van der Waals surface area contributed by atoms with Gasteiger partial charge in [0.1, 0.15) is 5.82 Å². The number of nitrogens with zero attached hydrogens (tertiary/aromatic N) is 3. The van der Waals surface area contributed by atoms with Crippen molar-refractivity contribution in [1.82, 2.24) is 20.1 Å². The summed E-state index contributed by atoms with van der Waals surface area (Å²) in [6, 6.07) is 5.72. The third-order valence-electron chi connectivity index (χ3n) is 3.90. The van der Waals surface area contributed by atoms with E-state index in [1.54, 1.807) is 12.1 Å². The van der Waals surface area contributed by atoms with Crippen LogP contribution in [0, 0.1) is 6.92 Å². The number of amides is 1. The van der Waals surface area contributed by atoms with Crippen LogP contribution in [-0.4, -0.2) is 26.4 Å². The van der Waals surface area contributed by atoms with E-state index in [2.05, 4.69) is 20.1 Å². The molecule has 1 fully saturated rings. The zero-order valence-electron chi connectivity index (χ0n) is 13.4. The van der Waals surface area contributed by atoms with Crippen LogP contribution in [0.15, 0.2) is 23.4 Å². The summed E-state index contributed by atoms with van der Waals surface area (Å²) in [7, 11) is 0. The van der Waals surface area contributed by atoms with Crippen molar-refractivity contribution >= 4 is 40.9 Å². The van der Waals surface area contributed by atoms with Crippen LogP contribution in [0.2, 0.25) is 10.0 Å². The standard InChI is InChI=1S/C16H18Cl2N4OS/c1-9(11-3-6-13(17)14(18)7-11)19-15(23)8-24-16-21-20-10(2)22(16)12-4-5-12/h3,6-7,9,12H,4-5,8H2,1-2H3,(H,19,23)/t9-/m1/s1. The summed E-state index contributed by atoms with van der Waals surface area (Å²) >= 11 is 13.4. The van der Waals surface area contributed by atoms with Gasteiger partial charge in [0, 0.05) is 6.04 Å². The molecule has 1 aliphatic carbocycles. The zero-order valence-corrected chi connectivity index (χ0v) is 15.8. The first kappa shape index (κ1) is 17.6. The summed E-state index contributed by atoms with van der Waals surface area (Å²) in [5.41, 5.74) is 0.916. The van der Waals surface area contributed by atoms with Crippen LogP contribution in [0.25, 0.3) is 0 Å². The predicted octanol–water partition coefficient (Wildman–Crippen LogP) is 4.20. The van der Waals surface area contributed by atoms with Gasteiger partial charge in [-0.2, -0.15) is 0 Å². The van der Waals surface area contributed by atoms with Crippen molar-refractivity contribution in [3.8, 4) is 0 Å². The molecule has 1 aromatic carbocycles. The van der Waals surface area contributed by atoms with Crippen molar-refractivity contribution < 1.29 is 4.79 Å². The number of benzene rings is 1. The third-order valence-corrected chi connectivity index (χ3v) is 5.58. The molecule has 1 atom stereocenters. The van der Waals surface area contributed by atoms with Gasteiger partial charge in [0.2, 0.25) is 5.91 Å². The monoisotopic (exact) mass is 384 g/mol. The minimum Gasteiger partial charge on any atom is -0.349 e. The fraction of sp³-hybridized carbons (Fsp3) is 0.438. The van der Waals surface area contributed by atoms with Crippen LogP contribution in [0.4, 0.5) is 0 Å². The van der Waals surface area contributed by atoms with Gasteiger partial charge in [-0.3, -0.25) is 4.79 Å². The second kappa shape index (κ2) is 7.33. The van der Waals surface area contributed by atoms with Crippen LogP contribution in [0.3, 0.4) is 0 Å². The first-order chi connectivity index (χ1) is 11.5. The highest BCUT2D eigenvalue weighted by atomic mass is 35.5. The van der Waals surface area contributed by atoms with Gasteiger partial charge in [-0.1, -0.05) is 41.0 Å². The van der Waals surface area contributed by atoms with Crippen molar-refractivity contribution in [2.24, 2.45) is 0 Å². The molecule has 3 rings (SSSR count). The number of aryl methyl sites for hydroxylation is 1. The predicted molar refractivity (Wildman–Crippen MR) is 96.8 cm³/mol. The largest absolute Gasteiger partial charge is 0.349 e. The minimum absolute atomic E-state index is 0.0541. The number of hydrogen-bond acceptors (Lipinski definition) is 4. The van der Waals surface area contributed by atoms with E-state index in [-0.39, 0.29) is 11.9 Å². The number of carbonyl (C=O) groups excluding carboxylic acids is 1. The second-order valence-electron chi connectivity index (χ2n) is 5.88. The maximum absolute atomic E-state index is 12.2. The molecule has 8 heteroatoms. The van der Waals surface area contributed by atoms with E-state index in [9.17, 15) is 4.79 Å². The molecule has 128 valence electrons. The average Bonchev–Trinajstić information content (AvgIpc) is 3.31. The Bertz CT molecular complexity index is 761. The van der Waals surface area contributed by atoms with Gasteiger partial charge in [-0.25, -0.2) is 0 Å². The fourth-order valence-corrected chi connectivity index (χ4v) is 3.65. The molecule has 1 amide bonds. The van der Waals surface area contributed by atoms with Gasteiger partial charge in [-0.05, 0) is 44.4 Å². The number of halogens is 2. The maximum Gasteiger partial charge on any atom is 0.230 e. The molecule has 0 bridgehead atoms. The molecule has 1 saturated carbocycles. The molecular weight excluding hydrogens is 367 g/mol. The molecule has 0 aliphatic heterocycles. The van der Waals surface area contributed by atoms with Crippen LogP contribution in [0.1, 0.15) is 43.2 Å². The van der Waals surface area contributed by atoms with Gasteiger partial charge >= 0.3 is 0 Å². The normalized spacial score (nSPS) is 15.3. The van der Waals surface area contributed by atoms with E-state index in [4.69, 9.17) is 23.2 Å². The van der Waals surface area contributed by atoms with Gasteiger partial charge in [-0.15, -0.1) is 10.2 Å². The molecule has 5 nitrogen and oxygen atoms in total. The van der Waals surface area contributed by atoms with E-state index < -0.39 is 0 Å². The van der Waals surface area contributed by atoms with Crippen molar-refractivity contribution in [1.29, 1.82) is 0 Å². The highest BCUT2D eigenvalue weighted by molar-refractivity contribution is 7.99. The quantitative estimate of drug-likeness (QED) is 0.758. The number of hydrogen-bond donors (Lipinski definition) is 1. The lowest BCUT2D eigenvalue weighted by atomic mass is 10.1. The Balaban J connectivity index is 1.56. The summed E-state index contributed by atoms with van der Waals surface area (Å²) in [6.45, 7) is 3.86. The first-order valence-electron chi connectivity index (χ1n) is 7.74. The van der Waals surface area contributed by atoms with E-state index in [0.29, 0.717) is 21.8 Å². The minimum atomic E-state index is -0.143.